The molecule has 0 bridgehead atoms. The van der Waals surface area contributed by atoms with Gasteiger partial charge in [-0.05, 0) is 85.5 Å². The highest BCUT2D eigenvalue weighted by atomic mass is 19.1. The highest BCUT2D eigenvalue weighted by molar-refractivity contribution is 5.93. The maximum atomic E-state index is 13.5. The molecule has 160 valence electrons. The van der Waals surface area contributed by atoms with Crippen molar-refractivity contribution < 1.29 is 9.18 Å². The van der Waals surface area contributed by atoms with Gasteiger partial charge in [0.25, 0.3) is 0 Å². The quantitative estimate of drug-likeness (QED) is 0.602. The van der Waals surface area contributed by atoms with Crippen molar-refractivity contribution in [2.24, 2.45) is 5.92 Å². The van der Waals surface area contributed by atoms with Gasteiger partial charge in [0.15, 0.2) is 0 Å². The number of aryl methyl sites for hydroxylation is 2. The third-order valence-corrected chi connectivity index (χ3v) is 6.78. The van der Waals surface area contributed by atoms with E-state index in [4.69, 9.17) is 0 Å². The smallest absolute Gasteiger partial charge is 0.224 e. The van der Waals surface area contributed by atoms with Crippen LogP contribution in [0.2, 0.25) is 0 Å². The number of nitrogens with zero attached hydrogens (tertiary/aromatic N) is 1. The van der Waals surface area contributed by atoms with E-state index in [1.165, 1.54) is 49.8 Å². The van der Waals surface area contributed by atoms with Crippen LogP contribution in [-0.2, 0) is 17.8 Å². The fraction of sp³-hybridized carbons (Fsp3) is 0.500. The summed E-state index contributed by atoms with van der Waals surface area (Å²) in [5, 5.41) is 3.20. The van der Waals surface area contributed by atoms with Crippen molar-refractivity contribution in [1.29, 1.82) is 0 Å². The first-order valence-electron chi connectivity index (χ1n) is 11.4. The molecule has 1 aliphatic carbocycles. The van der Waals surface area contributed by atoms with Gasteiger partial charge in [0, 0.05) is 30.9 Å². The van der Waals surface area contributed by atoms with E-state index in [0.29, 0.717) is 12.3 Å². The molecule has 0 saturated heterocycles. The first kappa shape index (κ1) is 20.9. The van der Waals surface area contributed by atoms with Gasteiger partial charge in [0.1, 0.15) is 5.82 Å². The molecule has 30 heavy (non-hydrogen) atoms. The van der Waals surface area contributed by atoms with E-state index >= 15 is 0 Å². The summed E-state index contributed by atoms with van der Waals surface area (Å²) in [5.41, 5.74) is 6.63. The summed E-state index contributed by atoms with van der Waals surface area (Å²) < 4.78 is 13.5. The molecule has 1 N–H and O–H groups in total. The van der Waals surface area contributed by atoms with Crippen LogP contribution >= 0.6 is 0 Å². The largest absolute Gasteiger partial charge is 0.367 e. The third-order valence-electron chi connectivity index (χ3n) is 6.78. The van der Waals surface area contributed by atoms with Gasteiger partial charge in [-0.15, -0.1) is 0 Å². The van der Waals surface area contributed by atoms with Gasteiger partial charge in [0.2, 0.25) is 5.91 Å². The van der Waals surface area contributed by atoms with Crippen LogP contribution in [0.1, 0.15) is 67.2 Å². The minimum Gasteiger partial charge on any atom is -0.367 e. The number of anilines is 2. The first-order valence-corrected chi connectivity index (χ1v) is 11.4. The lowest BCUT2D eigenvalue weighted by atomic mass is 9.96. The van der Waals surface area contributed by atoms with Crippen LogP contribution in [-0.4, -0.2) is 12.5 Å². The van der Waals surface area contributed by atoms with Gasteiger partial charge in [-0.1, -0.05) is 31.7 Å². The van der Waals surface area contributed by atoms with Crippen molar-refractivity contribution in [3.63, 3.8) is 0 Å². The molecular weight excluding hydrogens is 375 g/mol. The summed E-state index contributed by atoms with van der Waals surface area (Å²) >= 11 is 0. The Morgan fingerprint density at radius 3 is 2.43 bits per heavy atom. The fourth-order valence-electron chi connectivity index (χ4n) is 5.08. The molecule has 0 unspecified atom stereocenters. The van der Waals surface area contributed by atoms with Gasteiger partial charge >= 0.3 is 0 Å². The summed E-state index contributed by atoms with van der Waals surface area (Å²) in [5.74, 6) is 0.526. The minimum atomic E-state index is -0.155. The zero-order valence-corrected chi connectivity index (χ0v) is 18.3. The van der Waals surface area contributed by atoms with Crippen LogP contribution in [0.25, 0.3) is 0 Å². The Bertz CT molecular complexity index is 892. The number of benzene rings is 2. The van der Waals surface area contributed by atoms with Crippen molar-refractivity contribution >= 4 is 17.3 Å². The Balaban J connectivity index is 1.44. The predicted molar refractivity (Wildman–Crippen MR) is 122 cm³/mol. The molecule has 2 aromatic rings. The predicted octanol–water partition coefficient (Wildman–Crippen LogP) is 6.30. The van der Waals surface area contributed by atoms with E-state index in [2.05, 4.69) is 36.2 Å². The third kappa shape index (κ3) is 4.85. The molecule has 0 spiro atoms. The van der Waals surface area contributed by atoms with Gasteiger partial charge in [-0.25, -0.2) is 4.39 Å². The normalized spacial score (nSPS) is 17.4. The molecule has 1 saturated carbocycles. The zero-order valence-electron chi connectivity index (χ0n) is 18.3. The number of fused-ring (bicyclic) bond motifs is 1. The summed E-state index contributed by atoms with van der Waals surface area (Å²) in [7, 11) is 0. The topological polar surface area (TPSA) is 32.3 Å². The number of carbonyl (C=O) groups is 1. The van der Waals surface area contributed by atoms with Crippen molar-refractivity contribution in [3.8, 4) is 0 Å². The van der Waals surface area contributed by atoms with Gasteiger partial charge < -0.3 is 10.2 Å². The highest BCUT2D eigenvalue weighted by Gasteiger charge is 2.20. The summed E-state index contributed by atoms with van der Waals surface area (Å²) in [4.78, 5) is 15.0. The molecule has 4 rings (SSSR count). The number of amides is 1. The Labute approximate surface area is 179 Å². The molecule has 1 fully saturated rings. The minimum absolute atomic E-state index is 0.148. The average Bonchev–Trinajstić information content (AvgIpc) is 2.98. The second kappa shape index (κ2) is 9.20. The van der Waals surface area contributed by atoms with E-state index in [9.17, 15) is 9.18 Å². The average molecular weight is 409 g/mol. The molecule has 2 aliphatic rings. The number of hydrogen-bond donors (Lipinski definition) is 1. The first-order chi connectivity index (χ1) is 14.5. The molecule has 2 aromatic carbocycles. The number of rotatable bonds is 4. The molecular formula is C26H33FN2O. The molecule has 0 atom stereocenters. The summed E-state index contributed by atoms with van der Waals surface area (Å²) in [6, 6.07) is 9.45. The van der Waals surface area contributed by atoms with Gasteiger partial charge in [-0.2, -0.15) is 0 Å². The number of carbonyl (C=O) groups excluding carboxylic acids is 1. The van der Waals surface area contributed by atoms with Crippen LogP contribution in [0.4, 0.5) is 15.8 Å². The molecule has 0 radical (unpaired) electrons. The molecule has 0 aromatic heterocycles. The van der Waals surface area contributed by atoms with Crippen LogP contribution in [0, 0.1) is 25.6 Å². The van der Waals surface area contributed by atoms with Gasteiger partial charge in [-0.3, -0.25) is 4.79 Å². The van der Waals surface area contributed by atoms with E-state index in [-0.39, 0.29) is 11.7 Å². The van der Waals surface area contributed by atoms with Crippen LogP contribution in [0.5, 0.6) is 0 Å². The number of nitrogens with one attached hydrogen (secondary N) is 1. The van der Waals surface area contributed by atoms with Crippen LogP contribution in [0.15, 0.2) is 30.3 Å². The number of hydrogen-bond acceptors (Lipinski definition) is 2. The molecule has 1 aliphatic heterocycles. The van der Waals surface area contributed by atoms with Crippen molar-refractivity contribution in [1.82, 2.24) is 0 Å². The molecule has 1 amide bonds. The lowest BCUT2D eigenvalue weighted by Gasteiger charge is -2.31. The molecule has 1 heterocycles. The fourth-order valence-corrected chi connectivity index (χ4v) is 5.08. The van der Waals surface area contributed by atoms with Crippen LogP contribution < -0.4 is 10.2 Å². The zero-order chi connectivity index (χ0) is 21.1. The van der Waals surface area contributed by atoms with E-state index in [1.54, 1.807) is 12.1 Å². The highest BCUT2D eigenvalue weighted by Crippen LogP contribution is 2.32. The van der Waals surface area contributed by atoms with E-state index < -0.39 is 0 Å². The molecule has 4 heteroatoms. The Hall–Kier alpha value is -2.36. The van der Waals surface area contributed by atoms with Crippen molar-refractivity contribution in [3.05, 3.63) is 58.4 Å². The Kier molecular flexibility index (Phi) is 6.40. The Morgan fingerprint density at radius 2 is 1.73 bits per heavy atom. The lowest BCUT2D eigenvalue weighted by Crippen LogP contribution is -2.30. The molecule has 3 nitrogen and oxygen atoms in total. The maximum absolute atomic E-state index is 13.5. The number of halogens is 1. The van der Waals surface area contributed by atoms with E-state index in [1.807, 2.05) is 6.07 Å². The monoisotopic (exact) mass is 408 g/mol. The van der Waals surface area contributed by atoms with E-state index in [0.717, 1.165) is 41.9 Å². The van der Waals surface area contributed by atoms with Crippen molar-refractivity contribution in [2.75, 3.05) is 16.8 Å². The standard InChI is InChI=1S/C26H33FN2O/c1-18-13-24(29-12-11-21-16-23(27)10-9-22(21)17-29)14-19(2)26(18)28-25(30)15-20-7-5-3-4-6-8-20/h9-10,13-14,16,20H,3-8,11-12,15,17H2,1-2H3,(H,28,30). The van der Waals surface area contributed by atoms with Crippen LogP contribution in [0.3, 0.4) is 0 Å². The van der Waals surface area contributed by atoms with Crippen molar-refractivity contribution in [2.45, 2.75) is 71.8 Å². The summed E-state index contributed by atoms with van der Waals surface area (Å²) in [6.45, 7) is 5.82. The SMILES string of the molecule is Cc1cc(N2CCc3cc(F)ccc3C2)cc(C)c1NC(=O)CC1CCCCCC1. The maximum Gasteiger partial charge on any atom is 0.224 e. The second-order valence-electron chi connectivity index (χ2n) is 9.15. The van der Waals surface area contributed by atoms with Gasteiger partial charge in [0.05, 0.1) is 0 Å². The Morgan fingerprint density at radius 1 is 1.03 bits per heavy atom. The second-order valence-corrected chi connectivity index (χ2v) is 9.15. The summed E-state index contributed by atoms with van der Waals surface area (Å²) in [6.07, 6.45) is 9.01. The lowest BCUT2D eigenvalue weighted by molar-refractivity contribution is -0.117.